The Hall–Kier alpha value is -2.08. The number of ether oxygens (including phenoxy) is 1. The largest absolute Gasteiger partial charge is 0.384 e. The minimum absolute atomic E-state index is 0.0226. The summed E-state index contributed by atoms with van der Waals surface area (Å²) >= 11 is 0. The second kappa shape index (κ2) is 6.19. The van der Waals surface area contributed by atoms with Crippen molar-refractivity contribution in [3.05, 3.63) is 35.4 Å². The summed E-state index contributed by atoms with van der Waals surface area (Å²) in [6.45, 7) is 1.68. The fourth-order valence-corrected chi connectivity index (χ4v) is 1.92. The van der Waals surface area contributed by atoms with Gasteiger partial charge in [-0.25, -0.2) is 4.79 Å². The zero-order chi connectivity index (χ0) is 13.7. The van der Waals surface area contributed by atoms with Crippen molar-refractivity contribution in [2.45, 2.75) is 19.0 Å². The number of amidine groups is 1. The van der Waals surface area contributed by atoms with Gasteiger partial charge in [0.1, 0.15) is 5.84 Å². The zero-order valence-corrected chi connectivity index (χ0v) is 10.6. The Bertz CT molecular complexity index is 469. The van der Waals surface area contributed by atoms with E-state index in [4.69, 9.17) is 15.9 Å². The van der Waals surface area contributed by atoms with Crippen molar-refractivity contribution in [3.8, 4) is 0 Å². The fourth-order valence-electron chi connectivity index (χ4n) is 1.92. The van der Waals surface area contributed by atoms with Gasteiger partial charge >= 0.3 is 6.03 Å². The normalized spacial score (nSPS) is 18.0. The molecule has 1 aliphatic heterocycles. The highest BCUT2D eigenvalue weighted by Crippen LogP contribution is 2.05. The van der Waals surface area contributed by atoms with E-state index in [9.17, 15) is 4.79 Å². The topological polar surface area (TPSA) is 100 Å². The minimum Gasteiger partial charge on any atom is -0.384 e. The minimum atomic E-state index is -0.205. The smallest absolute Gasteiger partial charge is 0.315 e. The van der Waals surface area contributed by atoms with Crippen LogP contribution in [0.1, 0.15) is 17.5 Å². The lowest BCUT2D eigenvalue weighted by Crippen LogP contribution is -2.42. The highest BCUT2D eigenvalue weighted by atomic mass is 16.5. The number of carbonyl (C=O) groups excluding carboxylic acids is 1. The van der Waals surface area contributed by atoms with E-state index in [1.165, 1.54) is 0 Å². The van der Waals surface area contributed by atoms with Crippen molar-refractivity contribution in [2.24, 2.45) is 5.73 Å². The summed E-state index contributed by atoms with van der Waals surface area (Å²) in [5.41, 5.74) is 6.98. The number of carbonyl (C=O) groups is 1. The fraction of sp³-hybridized carbons (Fsp3) is 0.385. The molecule has 0 aliphatic carbocycles. The van der Waals surface area contributed by atoms with Gasteiger partial charge in [0.05, 0.1) is 12.6 Å². The summed E-state index contributed by atoms with van der Waals surface area (Å²) in [6, 6.07) is 7.15. The Balaban J connectivity index is 1.82. The van der Waals surface area contributed by atoms with Crippen LogP contribution in [-0.2, 0) is 11.3 Å². The van der Waals surface area contributed by atoms with Crippen LogP contribution in [-0.4, -0.2) is 31.1 Å². The number of nitrogens with one attached hydrogen (secondary N) is 3. The maximum atomic E-state index is 11.6. The summed E-state index contributed by atoms with van der Waals surface area (Å²) in [5.74, 6) is 0.0226. The Kier molecular flexibility index (Phi) is 4.35. The van der Waals surface area contributed by atoms with Gasteiger partial charge in [-0.1, -0.05) is 18.2 Å². The quantitative estimate of drug-likeness (QED) is 0.471. The lowest BCUT2D eigenvalue weighted by molar-refractivity contribution is 0.188. The standard InChI is InChI=1S/C13H18N4O2/c14-12(15)10-3-1-2-9(6-10)7-16-13(18)17-11-4-5-19-8-11/h1-3,6,11H,4-5,7-8H2,(H3,14,15)(H2,16,17,18). The number of rotatable bonds is 4. The summed E-state index contributed by atoms with van der Waals surface area (Å²) < 4.78 is 5.18. The van der Waals surface area contributed by atoms with E-state index < -0.39 is 0 Å². The summed E-state index contributed by atoms with van der Waals surface area (Å²) in [5, 5.41) is 13.0. The van der Waals surface area contributed by atoms with Crippen molar-refractivity contribution in [3.63, 3.8) is 0 Å². The molecule has 1 aromatic rings. The molecular formula is C13H18N4O2. The monoisotopic (exact) mass is 262 g/mol. The second-order valence-electron chi connectivity index (χ2n) is 4.50. The van der Waals surface area contributed by atoms with Gasteiger partial charge < -0.3 is 21.1 Å². The Labute approximate surface area is 111 Å². The third-order valence-electron chi connectivity index (χ3n) is 2.96. The molecule has 1 saturated heterocycles. The Morgan fingerprint density at radius 3 is 3.05 bits per heavy atom. The van der Waals surface area contributed by atoms with E-state index >= 15 is 0 Å². The predicted octanol–water partition coefficient (Wildman–Crippen LogP) is 0.559. The van der Waals surface area contributed by atoms with Gasteiger partial charge in [-0.15, -0.1) is 0 Å². The first kappa shape index (κ1) is 13.4. The van der Waals surface area contributed by atoms with Crippen molar-refractivity contribution in [1.82, 2.24) is 10.6 Å². The Morgan fingerprint density at radius 1 is 1.53 bits per heavy atom. The van der Waals surface area contributed by atoms with Crippen molar-refractivity contribution in [1.29, 1.82) is 5.41 Å². The summed E-state index contributed by atoms with van der Waals surface area (Å²) in [7, 11) is 0. The molecule has 2 amide bonds. The first-order valence-corrected chi connectivity index (χ1v) is 6.20. The number of hydrogen-bond acceptors (Lipinski definition) is 3. The summed E-state index contributed by atoms with van der Waals surface area (Å²) in [6.07, 6.45) is 0.854. The lowest BCUT2D eigenvalue weighted by Gasteiger charge is -2.12. The van der Waals surface area contributed by atoms with Crippen molar-refractivity contribution >= 4 is 11.9 Å². The van der Waals surface area contributed by atoms with Crippen LogP contribution in [0.15, 0.2) is 24.3 Å². The highest BCUT2D eigenvalue weighted by molar-refractivity contribution is 5.95. The van der Waals surface area contributed by atoms with Crippen LogP contribution in [0.25, 0.3) is 0 Å². The molecule has 19 heavy (non-hydrogen) atoms. The number of hydrogen-bond donors (Lipinski definition) is 4. The number of nitrogen functional groups attached to an aromatic ring is 1. The van der Waals surface area contributed by atoms with Gasteiger partial charge in [0.25, 0.3) is 0 Å². The zero-order valence-electron chi connectivity index (χ0n) is 10.6. The highest BCUT2D eigenvalue weighted by Gasteiger charge is 2.17. The first-order chi connectivity index (χ1) is 9.15. The van der Waals surface area contributed by atoms with Crippen LogP contribution >= 0.6 is 0 Å². The van der Waals surface area contributed by atoms with E-state index in [1.54, 1.807) is 12.1 Å². The number of benzene rings is 1. The van der Waals surface area contributed by atoms with Gasteiger partial charge in [0.15, 0.2) is 0 Å². The van der Waals surface area contributed by atoms with Crippen molar-refractivity contribution < 1.29 is 9.53 Å². The van der Waals surface area contributed by atoms with Crippen LogP contribution in [0.4, 0.5) is 4.79 Å². The maximum absolute atomic E-state index is 11.6. The molecule has 102 valence electrons. The molecule has 0 saturated carbocycles. The molecule has 1 aliphatic rings. The Morgan fingerprint density at radius 2 is 2.37 bits per heavy atom. The SMILES string of the molecule is N=C(N)c1cccc(CNC(=O)NC2CCOC2)c1. The van der Waals surface area contributed by atoms with E-state index in [1.807, 2.05) is 12.1 Å². The van der Waals surface area contributed by atoms with E-state index in [0.29, 0.717) is 25.3 Å². The molecule has 0 aromatic heterocycles. The van der Waals surface area contributed by atoms with Crippen LogP contribution in [0.3, 0.4) is 0 Å². The van der Waals surface area contributed by atoms with E-state index in [0.717, 1.165) is 12.0 Å². The molecule has 6 heteroatoms. The van der Waals surface area contributed by atoms with Gasteiger partial charge in [-0.3, -0.25) is 5.41 Å². The van der Waals surface area contributed by atoms with Gasteiger partial charge in [-0.2, -0.15) is 0 Å². The molecule has 2 rings (SSSR count). The molecule has 1 atom stereocenters. The second-order valence-corrected chi connectivity index (χ2v) is 4.50. The summed E-state index contributed by atoms with van der Waals surface area (Å²) in [4.78, 5) is 11.6. The molecule has 1 heterocycles. The molecule has 0 bridgehead atoms. The van der Waals surface area contributed by atoms with Crippen LogP contribution in [0, 0.1) is 5.41 Å². The molecule has 0 radical (unpaired) electrons. The van der Waals surface area contributed by atoms with Crippen LogP contribution in [0.5, 0.6) is 0 Å². The van der Waals surface area contributed by atoms with Gasteiger partial charge in [0.2, 0.25) is 0 Å². The molecular weight excluding hydrogens is 244 g/mol. The third kappa shape index (κ3) is 3.96. The molecule has 1 fully saturated rings. The van der Waals surface area contributed by atoms with Gasteiger partial charge in [0, 0.05) is 18.7 Å². The van der Waals surface area contributed by atoms with Crippen LogP contribution in [0.2, 0.25) is 0 Å². The number of urea groups is 1. The maximum Gasteiger partial charge on any atom is 0.315 e. The third-order valence-corrected chi connectivity index (χ3v) is 2.96. The van der Waals surface area contributed by atoms with E-state index in [-0.39, 0.29) is 17.9 Å². The average molecular weight is 262 g/mol. The number of amides is 2. The molecule has 5 N–H and O–H groups in total. The van der Waals surface area contributed by atoms with Crippen molar-refractivity contribution in [2.75, 3.05) is 13.2 Å². The van der Waals surface area contributed by atoms with E-state index in [2.05, 4.69) is 10.6 Å². The number of nitrogens with two attached hydrogens (primary N) is 1. The average Bonchev–Trinajstić information content (AvgIpc) is 2.89. The molecule has 1 aromatic carbocycles. The molecule has 1 unspecified atom stereocenters. The predicted molar refractivity (Wildman–Crippen MR) is 72.1 cm³/mol. The molecule has 0 spiro atoms. The molecule has 6 nitrogen and oxygen atoms in total. The first-order valence-electron chi connectivity index (χ1n) is 6.20. The van der Waals surface area contributed by atoms with Crippen LogP contribution < -0.4 is 16.4 Å². The van der Waals surface area contributed by atoms with Gasteiger partial charge in [-0.05, 0) is 18.1 Å². The lowest BCUT2D eigenvalue weighted by atomic mass is 10.1.